The van der Waals surface area contributed by atoms with E-state index < -0.39 is 0 Å². The maximum absolute atomic E-state index is 8.60. The molecule has 0 aromatic rings. The quantitative estimate of drug-likeness (QED) is 0.415. The molecule has 0 bridgehead atoms. The van der Waals surface area contributed by atoms with Crippen molar-refractivity contribution in [3.63, 3.8) is 0 Å². The van der Waals surface area contributed by atoms with E-state index in [4.69, 9.17) is 14.7 Å². The Morgan fingerprint density at radius 2 is 2.00 bits per heavy atom. The molecule has 1 fully saturated rings. The number of unbranched alkanes of at least 4 members (excludes halogenated alkanes) is 1. The molecule has 0 spiro atoms. The zero-order chi connectivity index (χ0) is 11.6. The minimum Gasteiger partial charge on any atom is -0.411 e. The second kappa shape index (κ2) is 8.53. The summed E-state index contributed by atoms with van der Waals surface area (Å²) in [4.78, 5) is 0. The third-order valence-corrected chi connectivity index (χ3v) is 2.87. The highest BCUT2D eigenvalue weighted by Crippen LogP contribution is 2.18. The van der Waals surface area contributed by atoms with Crippen molar-refractivity contribution < 1.29 is 14.7 Å². The molecule has 0 aromatic carbocycles. The molecule has 1 N–H and O–H groups in total. The van der Waals surface area contributed by atoms with Gasteiger partial charge in [-0.1, -0.05) is 18.5 Å². The van der Waals surface area contributed by atoms with Gasteiger partial charge in [0.05, 0.1) is 25.0 Å². The van der Waals surface area contributed by atoms with Crippen LogP contribution in [0.5, 0.6) is 0 Å². The molecule has 1 saturated carbocycles. The van der Waals surface area contributed by atoms with Crippen LogP contribution in [0.4, 0.5) is 0 Å². The number of oxime groups is 1. The fourth-order valence-corrected chi connectivity index (χ4v) is 1.81. The van der Waals surface area contributed by atoms with Gasteiger partial charge in [0.2, 0.25) is 0 Å². The number of ether oxygens (including phenoxy) is 2. The maximum Gasteiger partial charge on any atom is 0.0704 e. The molecule has 1 aliphatic rings. The smallest absolute Gasteiger partial charge is 0.0704 e. The number of rotatable bonds is 7. The minimum absolute atomic E-state index is 0.320. The van der Waals surface area contributed by atoms with E-state index in [-0.39, 0.29) is 0 Å². The van der Waals surface area contributed by atoms with Crippen LogP contribution in [0.1, 0.15) is 45.4 Å². The van der Waals surface area contributed by atoms with Crippen molar-refractivity contribution in [1.82, 2.24) is 0 Å². The lowest BCUT2D eigenvalue weighted by Gasteiger charge is -2.22. The Balaban J connectivity index is 1.94. The van der Waals surface area contributed by atoms with Crippen molar-refractivity contribution in [2.45, 2.75) is 51.6 Å². The predicted octanol–water partition coefficient (Wildman–Crippen LogP) is 2.59. The summed E-state index contributed by atoms with van der Waals surface area (Å²) >= 11 is 0. The van der Waals surface area contributed by atoms with Crippen LogP contribution in [0.2, 0.25) is 0 Å². The second-order valence-corrected chi connectivity index (χ2v) is 4.20. The Kier molecular flexibility index (Phi) is 7.17. The molecule has 1 aliphatic carbocycles. The van der Waals surface area contributed by atoms with Crippen molar-refractivity contribution >= 4 is 5.71 Å². The highest BCUT2D eigenvalue weighted by atomic mass is 16.5. The molecule has 0 radical (unpaired) electrons. The third kappa shape index (κ3) is 5.47. The molecule has 4 nitrogen and oxygen atoms in total. The van der Waals surface area contributed by atoms with Crippen LogP contribution >= 0.6 is 0 Å². The molecule has 0 atom stereocenters. The normalized spacial score (nSPS) is 21.1. The summed E-state index contributed by atoms with van der Waals surface area (Å²) in [6.45, 7) is 4.37. The SMILES string of the molecule is CCCCOCCOC1CCC(=NO)CC1. The monoisotopic (exact) mass is 229 g/mol. The van der Waals surface area contributed by atoms with Gasteiger partial charge in [0.25, 0.3) is 0 Å². The lowest BCUT2D eigenvalue weighted by molar-refractivity contribution is -0.00355. The van der Waals surface area contributed by atoms with Gasteiger partial charge in [-0.05, 0) is 32.1 Å². The van der Waals surface area contributed by atoms with E-state index in [1.807, 2.05) is 0 Å². The number of hydrogen-bond donors (Lipinski definition) is 1. The summed E-state index contributed by atoms with van der Waals surface area (Å²) in [6.07, 6.45) is 6.27. The van der Waals surface area contributed by atoms with Crippen LogP contribution in [0.15, 0.2) is 5.16 Å². The summed E-state index contributed by atoms with van der Waals surface area (Å²) < 4.78 is 11.1. The zero-order valence-electron chi connectivity index (χ0n) is 10.2. The van der Waals surface area contributed by atoms with E-state index in [0.717, 1.165) is 44.4 Å². The van der Waals surface area contributed by atoms with Gasteiger partial charge in [-0.2, -0.15) is 0 Å². The minimum atomic E-state index is 0.320. The topological polar surface area (TPSA) is 51.0 Å². The molecule has 16 heavy (non-hydrogen) atoms. The van der Waals surface area contributed by atoms with Crippen LogP contribution in [0.25, 0.3) is 0 Å². The van der Waals surface area contributed by atoms with Crippen LogP contribution in [0, 0.1) is 0 Å². The van der Waals surface area contributed by atoms with Gasteiger partial charge in [-0.15, -0.1) is 0 Å². The molecule has 1 rings (SSSR count). The molecular weight excluding hydrogens is 206 g/mol. The highest BCUT2D eigenvalue weighted by molar-refractivity contribution is 5.84. The average molecular weight is 229 g/mol. The van der Waals surface area contributed by atoms with E-state index in [1.54, 1.807) is 0 Å². The average Bonchev–Trinajstić information content (AvgIpc) is 2.34. The molecule has 4 heteroatoms. The Morgan fingerprint density at radius 1 is 1.25 bits per heavy atom. The molecule has 0 amide bonds. The van der Waals surface area contributed by atoms with Crippen molar-refractivity contribution in [3.8, 4) is 0 Å². The van der Waals surface area contributed by atoms with E-state index >= 15 is 0 Å². The van der Waals surface area contributed by atoms with Crippen LogP contribution in [-0.4, -0.2) is 36.8 Å². The first kappa shape index (κ1) is 13.5. The van der Waals surface area contributed by atoms with Crippen LogP contribution in [0.3, 0.4) is 0 Å². The molecule has 0 aliphatic heterocycles. The van der Waals surface area contributed by atoms with Crippen molar-refractivity contribution in [3.05, 3.63) is 0 Å². The summed E-state index contributed by atoms with van der Waals surface area (Å²) in [5.41, 5.74) is 0.902. The summed E-state index contributed by atoms with van der Waals surface area (Å²) in [7, 11) is 0. The Morgan fingerprint density at radius 3 is 2.62 bits per heavy atom. The zero-order valence-corrected chi connectivity index (χ0v) is 10.2. The maximum atomic E-state index is 8.60. The predicted molar refractivity (Wildman–Crippen MR) is 63.2 cm³/mol. The van der Waals surface area contributed by atoms with Gasteiger partial charge in [-0.25, -0.2) is 0 Å². The second-order valence-electron chi connectivity index (χ2n) is 4.20. The van der Waals surface area contributed by atoms with Gasteiger partial charge in [0.1, 0.15) is 0 Å². The first-order valence-electron chi connectivity index (χ1n) is 6.26. The van der Waals surface area contributed by atoms with Crippen LogP contribution in [-0.2, 0) is 9.47 Å². The highest BCUT2D eigenvalue weighted by Gasteiger charge is 2.17. The first-order valence-corrected chi connectivity index (χ1v) is 6.26. The summed E-state index contributed by atoms with van der Waals surface area (Å²) in [5, 5.41) is 11.8. The van der Waals surface area contributed by atoms with Crippen molar-refractivity contribution in [2.24, 2.45) is 5.16 Å². The largest absolute Gasteiger partial charge is 0.411 e. The van der Waals surface area contributed by atoms with Gasteiger partial charge in [-0.3, -0.25) is 0 Å². The van der Waals surface area contributed by atoms with Gasteiger partial charge in [0, 0.05) is 6.61 Å². The Bertz CT molecular complexity index is 196. The molecule has 0 heterocycles. The molecule has 0 unspecified atom stereocenters. The van der Waals surface area contributed by atoms with Crippen LogP contribution < -0.4 is 0 Å². The Hall–Kier alpha value is -0.610. The molecule has 0 saturated heterocycles. The number of nitrogens with zero attached hydrogens (tertiary/aromatic N) is 1. The fraction of sp³-hybridized carbons (Fsp3) is 0.917. The lowest BCUT2D eigenvalue weighted by atomic mass is 9.96. The van der Waals surface area contributed by atoms with E-state index in [9.17, 15) is 0 Å². The van der Waals surface area contributed by atoms with Gasteiger partial charge >= 0.3 is 0 Å². The molecule has 0 aromatic heterocycles. The Labute approximate surface area is 97.6 Å². The van der Waals surface area contributed by atoms with E-state index in [0.29, 0.717) is 19.3 Å². The van der Waals surface area contributed by atoms with Crippen molar-refractivity contribution in [1.29, 1.82) is 0 Å². The fourth-order valence-electron chi connectivity index (χ4n) is 1.81. The lowest BCUT2D eigenvalue weighted by Crippen LogP contribution is -2.23. The standard InChI is InChI=1S/C12H23NO3/c1-2-3-8-15-9-10-16-12-6-4-11(13-14)5-7-12/h12,14H,2-10H2,1H3. The molecule has 94 valence electrons. The van der Waals surface area contributed by atoms with Crippen molar-refractivity contribution in [2.75, 3.05) is 19.8 Å². The van der Waals surface area contributed by atoms with Gasteiger partial charge < -0.3 is 14.7 Å². The van der Waals surface area contributed by atoms with E-state index in [2.05, 4.69) is 12.1 Å². The number of hydrogen-bond acceptors (Lipinski definition) is 4. The third-order valence-electron chi connectivity index (χ3n) is 2.87. The van der Waals surface area contributed by atoms with E-state index in [1.165, 1.54) is 6.42 Å². The first-order chi connectivity index (χ1) is 7.86. The molecular formula is C12H23NO3. The van der Waals surface area contributed by atoms with Gasteiger partial charge in [0.15, 0.2) is 0 Å². The summed E-state index contributed by atoms with van der Waals surface area (Å²) in [6, 6.07) is 0. The summed E-state index contributed by atoms with van der Waals surface area (Å²) in [5.74, 6) is 0.